The fourth-order valence-corrected chi connectivity index (χ4v) is 5.20. The van der Waals surface area contributed by atoms with Gasteiger partial charge in [0.25, 0.3) is 0 Å². The van der Waals surface area contributed by atoms with Crippen molar-refractivity contribution in [1.29, 1.82) is 0 Å². The molecule has 1 saturated carbocycles. The van der Waals surface area contributed by atoms with Crippen molar-refractivity contribution in [2.75, 3.05) is 41.8 Å². The number of fused-ring (bicyclic) bond motifs is 1. The van der Waals surface area contributed by atoms with Crippen molar-refractivity contribution in [2.45, 2.75) is 37.8 Å². The monoisotopic (exact) mass is 493 g/mol. The van der Waals surface area contributed by atoms with E-state index in [-0.39, 0.29) is 12.1 Å². The van der Waals surface area contributed by atoms with Crippen LogP contribution in [-0.2, 0) is 4.74 Å². The number of ether oxygens (including phenoxy) is 1. The molecule has 2 fully saturated rings. The number of rotatable bonds is 7. The van der Waals surface area contributed by atoms with Crippen LogP contribution in [0.2, 0.25) is 0 Å². The van der Waals surface area contributed by atoms with Gasteiger partial charge in [0.15, 0.2) is 0 Å². The quantitative estimate of drug-likeness (QED) is 0.366. The van der Waals surface area contributed by atoms with Crippen LogP contribution >= 0.6 is 11.3 Å². The van der Waals surface area contributed by atoms with Gasteiger partial charge in [-0.2, -0.15) is 4.98 Å². The van der Waals surface area contributed by atoms with Gasteiger partial charge in [-0.15, -0.1) is 11.3 Å². The summed E-state index contributed by atoms with van der Waals surface area (Å²) in [4.78, 5) is 16.3. The first kappa shape index (κ1) is 23.5. The first-order valence-corrected chi connectivity index (χ1v) is 12.9. The topological polar surface area (TPSA) is 121 Å². The molecule has 3 heterocycles. The number of hydrogen-bond donors (Lipinski definition) is 4. The van der Waals surface area contributed by atoms with Gasteiger partial charge in [-0.1, -0.05) is 6.07 Å². The summed E-state index contributed by atoms with van der Waals surface area (Å²) < 4.78 is 6.47. The summed E-state index contributed by atoms with van der Waals surface area (Å²) in [5.41, 5.74) is 9.34. The molecule has 184 valence electrons. The molecule has 0 bridgehead atoms. The first-order chi connectivity index (χ1) is 17.2. The molecule has 35 heavy (non-hydrogen) atoms. The average Bonchev–Trinajstić information content (AvgIpc) is 3.38. The molecule has 5 N–H and O–H groups in total. The van der Waals surface area contributed by atoms with E-state index in [1.165, 1.54) is 6.20 Å². The minimum Gasteiger partial charge on any atom is -0.403 e. The van der Waals surface area contributed by atoms with Gasteiger partial charge in [-0.25, -0.2) is 4.98 Å². The van der Waals surface area contributed by atoms with Crippen LogP contribution in [0.5, 0.6) is 0 Å². The summed E-state index contributed by atoms with van der Waals surface area (Å²) in [6.07, 6.45) is 6.43. The van der Waals surface area contributed by atoms with E-state index in [4.69, 9.17) is 15.5 Å². The van der Waals surface area contributed by atoms with Gasteiger partial charge in [-0.05, 0) is 55.3 Å². The molecule has 1 aromatic carbocycles. The maximum Gasteiger partial charge on any atom is 0.229 e. The molecule has 2 aliphatic rings. The minimum absolute atomic E-state index is 0.191. The molecule has 0 amide bonds. The molecule has 0 spiro atoms. The molecule has 10 heteroatoms. The van der Waals surface area contributed by atoms with Crippen molar-refractivity contribution in [1.82, 2.24) is 9.97 Å². The maximum atomic E-state index is 9.82. The van der Waals surface area contributed by atoms with Crippen LogP contribution in [0, 0.1) is 0 Å². The number of anilines is 3. The summed E-state index contributed by atoms with van der Waals surface area (Å²) in [5, 5.41) is 18.6. The lowest BCUT2D eigenvalue weighted by atomic mass is 9.93. The zero-order valence-electron chi connectivity index (χ0n) is 19.6. The molecule has 1 saturated heterocycles. The lowest BCUT2D eigenvalue weighted by Gasteiger charge is -2.28. The summed E-state index contributed by atoms with van der Waals surface area (Å²) >= 11 is 1.61. The normalized spacial score (nSPS) is 21.5. The third-order valence-corrected chi connectivity index (χ3v) is 7.25. The second-order valence-electron chi connectivity index (χ2n) is 8.81. The Balaban J connectivity index is 1.30. The number of allylic oxidation sites excluding steroid dienone is 1. The number of thiophene rings is 1. The van der Waals surface area contributed by atoms with Crippen molar-refractivity contribution >= 4 is 50.9 Å². The zero-order chi connectivity index (χ0) is 24.0. The Labute approximate surface area is 208 Å². The molecule has 2 aromatic heterocycles. The van der Waals surface area contributed by atoms with Crippen molar-refractivity contribution < 1.29 is 9.84 Å². The van der Waals surface area contributed by atoms with Gasteiger partial charge in [0.2, 0.25) is 5.95 Å². The highest BCUT2D eigenvalue weighted by molar-refractivity contribution is 7.17. The molecule has 0 atom stereocenters. The van der Waals surface area contributed by atoms with Crippen LogP contribution < -0.4 is 21.3 Å². The maximum absolute atomic E-state index is 9.82. The number of nitrogens with one attached hydrogen (secondary N) is 2. The zero-order valence-corrected chi connectivity index (χ0v) is 20.4. The lowest BCUT2D eigenvalue weighted by Crippen LogP contribution is -2.36. The van der Waals surface area contributed by atoms with E-state index in [1.807, 2.05) is 23.6 Å². The molecular weight excluding hydrogens is 462 g/mol. The molecular formula is C25H31N7O2S. The standard InChI is InChI=1S/C25H31N7O2S/c26-15-19(16-27-18-2-1-3-20(14-18)32-9-11-34-12-10-32)29-25-30-22-8-13-35-23(22)24(31-25)28-17-4-6-21(33)7-5-17/h1-3,8,13-17,21,33H,4-7,9-12,26H2,(H2,28,29,30,31). The fraction of sp³-hybridized carbons (Fsp3) is 0.400. The predicted octanol–water partition coefficient (Wildman–Crippen LogP) is 3.86. The second kappa shape index (κ2) is 11.0. The number of aromatic nitrogens is 2. The number of aliphatic hydroxyl groups is 1. The number of nitrogens with zero attached hydrogens (tertiary/aromatic N) is 4. The van der Waals surface area contributed by atoms with E-state index in [9.17, 15) is 5.11 Å². The highest BCUT2D eigenvalue weighted by Gasteiger charge is 2.21. The van der Waals surface area contributed by atoms with E-state index in [0.29, 0.717) is 11.6 Å². The van der Waals surface area contributed by atoms with E-state index in [0.717, 1.165) is 79.4 Å². The Morgan fingerprint density at radius 1 is 1.17 bits per heavy atom. The molecule has 0 radical (unpaired) electrons. The predicted molar refractivity (Wildman–Crippen MR) is 143 cm³/mol. The Bertz CT molecular complexity index is 1200. The van der Waals surface area contributed by atoms with E-state index in [2.05, 4.69) is 37.6 Å². The summed E-state index contributed by atoms with van der Waals surface area (Å²) in [6.45, 7) is 3.24. The lowest BCUT2D eigenvalue weighted by molar-refractivity contribution is 0.122. The largest absolute Gasteiger partial charge is 0.403 e. The Morgan fingerprint density at radius 2 is 2.00 bits per heavy atom. The third kappa shape index (κ3) is 5.90. The van der Waals surface area contributed by atoms with Gasteiger partial charge in [-0.3, -0.25) is 4.99 Å². The number of aliphatic imine (C=N–C) groups is 1. The van der Waals surface area contributed by atoms with Crippen LogP contribution in [0.25, 0.3) is 10.2 Å². The van der Waals surface area contributed by atoms with Crippen molar-refractivity contribution in [3.63, 3.8) is 0 Å². The van der Waals surface area contributed by atoms with Crippen molar-refractivity contribution in [2.24, 2.45) is 10.7 Å². The van der Waals surface area contributed by atoms with Gasteiger partial charge in [0.1, 0.15) is 5.82 Å². The molecule has 9 nitrogen and oxygen atoms in total. The summed E-state index contributed by atoms with van der Waals surface area (Å²) in [6, 6.07) is 10.4. The summed E-state index contributed by atoms with van der Waals surface area (Å²) in [5.74, 6) is 1.26. The fourth-order valence-electron chi connectivity index (χ4n) is 4.41. The van der Waals surface area contributed by atoms with Crippen LogP contribution in [0.15, 0.2) is 52.6 Å². The molecule has 5 rings (SSSR count). The van der Waals surface area contributed by atoms with Gasteiger partial charge >= 0.3 is 0 Å². The van der Waals surface area contributed by atoms with Crippen molar-refractivity contribution in [3.05, 3.63) is 47.6 Å². The van der Waals surface area contributed by atoms with Crippen LogP contribution in [0.1, 0.15) is 25.7 Å². The van der Waals surface area contributed by atoms with Crippen LogP contribution in [0.3, 0.4) is 0 Å². The van der Waals surface area contributed by atoms with Gasteiger partial charge in [0, 0.05) is 31.0 Å². The third-order valence-electron chi connectivity index (χ3n) is 6.34. The van der Waals surface area contributed by atoms with Crippen LogP contribution in [0.4, 0.5) is 23.1 Å². The number of nitrogens with two attached hydrogens (primary N) is 1. The molecule has 1 aliphatic carbocycles. The van der Waals surface area contributed by atoms with E-state index >= 15 is 0 Å². The minimum atomic E-state index is -0.191. The summed E-state index contributed by atoms with van der Waals surface area (Å²) in [7, 11) is 0. The molecule has 3 aromatic rings. The Kier molecular flexibility index (Phi) is 7.41. The molecule has 0 unspecified atom stereocenters. The van der Waals surface area contributed by atoms with E-state index < -0.39 is 0 Å². The number of benzene rings is 1. The average molecular weight is 494 g/mol. The highest BCUT2D eigenvalue weighted by atomic mass is 32.1. The van der Waals surface area contributed by atoms with E-state index in [1.54, 1.807) is 17.6 Å². The number of aliphatic hydroxyl groups excluding tert-OH is 1. The smallest absolute Gasteiger partial charge is 0.229 e. The first-order valence-electron chi connectivity index (χ1n) is 12.0. The molecule has 1 aliphatic heterocycles. The second-order valence-corrected chi connectivity index (χ2v) is 9.72. The van der Waals surface area contributed by atoms with Gasteiger partial charge in [0.05, 0.1) is 47.1 Å². The Morgan fingerprint density at radius 3 is 2.80 bits per heavy atom. The number of hydrogen-bond acceptors (Lipinski definition) is 10. The number of morpholine rings is 1. The SMILES string of the molecule is NC=C(C=Nc1cccc(N2CCOCC2)c1)Nc1nc(NC2CCC(O)CC2)c2sccc2n1. The highest BCUT2D eigenvalue weighted by Crippen LogP contribution is 2.30. The Hall–Kier alpha value is -3.21. The van der Waals surface area contributed by atoms with Crippen molar-refractivity contribution in [3.8, 4) is 0 Å². The van der Waals surface area contributed by atoms with Crippen LogP contribution in [-0.4, -0.2) is 59.7 Å². The van der Waals surface area contributed by atoms with Gasteiger partial charge < -0.3 is 31.1 Å².